The molecule has 0 atom stereocenters. The van der Waals surface area contributed by atoms with Crippen LogP contribution in [-0.4, -0.2) is 46.4 Å². The topological polar surface area (TPSA) is 58.1 Å². The van der Waals surface area contributed by atoms with Gasteiger partial charge in [0.05, 0.1) is 0 Å². The van der Waals surface area contributed by atoms with Crippen LogP contribution in [0, 0.1) is 6.92 Å². The molecule has 1 aromatic heterocycles. The van der Waals surface area contributed by atoms with E-state index in [2.05, 4.69) is 20.4 Å². The second-order valence-electron chi connectivity index (χ2n) is 6.33. The van der Waals surface area contributed by atoms with Crippen LogP contribution in [0.5, 0.6) is 0 Å². The monoisotopic (exact) mass is 356 g/mol. The van der Waals surface area contributed by atoms with Crippen molar-refractivity contribution in [1.29, 1.82) is 0 Å². The molecule has 132 valence electrons. The van der Waals surface area contributed by atoms with Gasteiger partial charge in [0.2, 0.25) is 0 Å². The van der Waals surface area contributed by atoms with Gasteiger partial charge in [-0.2, -0.15) is 0 Å². The van der Waals surface area contributed by atoms with Crippen LogP contribution in [0.25, 0.3) is 0 Å². The summed E-state index contributed by atoms with van der Waals surface area (Å²) in [6, 6.07) is 11.2. The summed E-state index contributed by atoms with van der Waals surface area (Å²) >= 11 is 1.71. The summed E-state index contributed by atoms with van der Waals surface area (Å²) in [5.74, 6) is 1.33. The lowest BCUT2D eigenvalue weighted by Gasteiger charge is -2.25. The largest absolute Gasteiger partial charge is 0.305 e. The van der Waals surface area contributed by atoms with E-state index in [4.69, 9.17) is 0 Å². The van der Waals surface area contributed by atoms with Gasteiger partial charge >= 0.3 is 0 Å². The van der Waals surface area contributed by atoms with Crippen LogP contribution in [0.15, 0.2) is 41.4 Å². The quantitative estimate of drug-likeness (QED) is 0.801. The first-order valence-corrected chi connectivity index (χ1v) is 9.76. The molecule has 1 aliphatic heterocycles. The van der Waals surface area contributed by atoms with Gasteiger partial charge in [0, 0.05) is 17.9 Å². The summed E-state index contributed by atoms with van der Waals surface area (Å²) in [5, 5.41) is 12.0. The first-order valence-electron chi connectivity index (χ1n) is 8.77. The minimum Gasteiger partial charge on any atom is -0.305 e. The fourth-order valence-corrected chi connectivity index (χ4v) is 3.64. The number of carbonyl (C=O) groups excluding carboxylic acids is 1. The predicted octanol–water partition coefficient (Wildman–Crippen LogP) is 3.62. The van der Waals surface area contributed by atoms with E-state index in [-0.39, 0.29) is 5.91 Å². The molecule has 0 unspecified atom stereocenters. The Morgan fingerprint density at radius 1 is 1.08 bits per heavy atom. The van der Waals surface area contributed by atoms with Crippen molar-refractivity contribution in [3.05, 3.63) is 47.5 Å². The number of carbonyl (C=O) groups is 1. The summed E-state index contributed by atoms with van der Waals surface area (Å²) < 4.78 is 0. The van der Waals surface area contributed by atoms with E-state index in [1.165, 1.54) is 32.4 Å². The van der Waals surface area contributed by atoms with Crippen molar-refractivity contribution in [2.75, 3.05) is 30.7 Å². The van der Waals surface area contributed by atoms with Gasteiger partial charge in [-0.15, -0.1) is 22.0 Å². The number of benzene rings is 1. The number of amides is 1. The molecule has 0 aliphatic carbocycles. The number of piperidine rings is 1. The van der Waals surface area contributed by atoms with Gasteiger partial charge in [0.25, 0.3) is 5.91 Å². The SMILES string of the molecule is Cc1ccc(C(=O)Nc2ccc(SCCN3CCCCC3)nn2)cc1. The van der Waals surface area contributed by atoms with E-state index in [9.17, 15) is 4.79 Å². The molecule has 0 radical (unpaired) electrons. The molecule has 5 nitrogen and oxygen atoms in total. The number of anilines is 1. The Hall–Kier alpha value is -1.92. The van der Waals surface area contributed by atoms with Crippen molar-refractivity contribution in [2.24, 2.45) is 0 Å². The van der Waals surface area contributed by atoms with Crippen molar-refractivity contribution in [2.45, 2.75) is 31.2 Å². The van der Waals surface area contributed by atoms with Gasteiger partial charge < -0.3 is 10.2 Å². The normalized spacial score (nSPS) is 15.1. The molecule has 2 heterocycles. The number of hydrogen-bond acceptors (Lipinski definition) is 5. The highest BCUT2D eigenvalue weighted by Gasteiger charge is 2.10. The fourth-order valence-electron chi connectivity index (χ4n) is 2.82. The van der Waals surface area contributed by atoms with Crippen LogP contribution < -0.4 is 5.32 Å². The second-order valence-corrected chi connectivity index (χ2v) is 7.44. The van der Waals surface area contributed by atoms with Gasteiger partial charge in [0.1, 0.15) is 5.03 Å². The van der Waals surface area contributed by atoms with E-state index in [0.29, 0.717) is 11.4 Å². The van der Waals surface area contributed by atoms with E-state index in [1.807, 2.05) is 43.3 Å². The van der Waals surface area contributed by atoms with Crippen molar-refractivity contribution in [1.82, 2.24) is 15.1 Å². The lowest BCUT2D eigenvalue weighted by atomic mass is 10.1. The molecule has 0 spiro atoms. The Balaban J connectivity index is 1.46. The maximum Gasteiger partial charge on any atom is 0.256 e. The third-order valence-electron chi connectivity index (χ3n) is 4.30. The Morgan fingerprint density at radius 2 is 1.84 bits per heavy atom. The summed E-state index contributed by atoms with van der Waals surface area (Å²) in [4.78, 5) is 14.7. The predicted molar refractivity (Wildman–Crippen MR) is 102 cm³/mol. The smallest absolute Gasteiger partial charge is 0.256 e. The van der Waals surface area contributed by atoms with Gasteiger partial charge in [-0.1, -0.05) is 24.1 Å². The molecule has 2 aromatic rings. The number of likely N-dealkylation sites (tertiary alicyclic amines) is 1. The van der Waals surface area contributed by atoms with Crippen LogP contribution in [0.4, 0.5) is 5.82 Å². The average Bonchev–Trinajstić information content (AvgIpc) is 2.64. The van der Waals surface area contributed by atoms with Crippen molar-refractivity contribution >= 4 is 23.5 Å². The van der Waals surface area contributed by atoms with Crippen LogP contribution >= 0.6 is 11.8 Å². The number of aromatic nitrogens is 2. The molecule has 1 saturated heterocycles. The molecule has 1 fully saturated rings. The lowest BCUT2D eigenvalue weighted by Crippen LogP contribution is -2.31. The summed E-state index contributed by atoms with van der Waals surface area (Å²) in [7, 11) is 0. The average molecular weight is 356 g/mol. The number of aryl methyl sites for hydroxylation is 1. The Bertz CT molecular complexity index is 682. The first kappa shape index (κ1) is 17.9. The van der Waals surface area contributed by atoms with Gasteiger partial charge in [-0.3, -0.25) is 4.79 Å². The maximum atomic E-state index is 12.2. The standard InChI is InChI=1S/C19H24N4OS/c1-15-5-7-16(8-6-15)19(24)20-17-9-10-18(22-21-17)25-14-13-23-11-3-2-4-12-23/h5-10H,2-4,11-14H2,1H3,(H,20,21,24). The zero-order valence-corrected chi connectivity index (χ0v) is 15.4. The highest BCUT2D eigenvalue weighted by Crippen LogP contribution is 2.17. The molecule has 3 rings (SSSR count). The molecule has 1 amide bonds. The third kappa shape index (κ3) is 5.54. The molecular weight excluding hydrogens is 332 g/mol. The van der Waals surface area contributed by atoms with Crippen LogP contribution in [0.1, 0.15) is 35.2 Å². The third-order valence-corrected chi connectivity index (χ3v) is 5.20. The molecule has 1 N–H and O–H groups in total. The number of nitrogens with zero attached hydrogens (tertiary/aromatic N) is 3. The first-order chi connectivity index (χ1) is 12.2. The van der Waals surface area contributed by atoms with E-state index >= 15 is 0 Å². The maximum absolute atomic E-state index is 12.2. The molecule has 1 aliphatic rings. The molecule has 1 aromatic carbocycles. The van der Waals surface area contributed by atoms with Crippen molar-refractivity contribution in [3.63, 3.8) is 0 Å². The molecule has 0 bridgehead atoms. The Morgan fingerprint density at radius 3 is 2.52 bits per heavy atom. The number of hydrogen-bond donors (Lipinski definition) is 1. The number of rotatable bonds is 6. The minimum absolute atomic E-state index is 0.167. The molecule has 6 heteroatoms. The van der Waals surface area contributed by atoms with E-state index in [0.717, 1.165) is 22.9 Å². The number of nitrogens with one attached hydrogen (secondary N) is 1. The number of thioether (sulfide) groups is 1. The second kappa shape index (κ2) is 8.97. The molecule has 0 saturated carbocycles. The fraction of sp³-hybridized carbons (Fsp3) is 0.421. The van der Waals surface area contributed by atoms with Crippen molar-refractivity contribution in [3.8, 4) is 0 Å². The Labute approximate surface area is 153 Å². The van der Waals surface area contributed by atoms with Gasteiger partial charge in [-0.25, -0.2) is 0 Å². The highest BCUT2D eigenvalue weighted by molar-refractivity contribution is 7.99. The highest BCUT2D eigenvalue weighted by atomic mass is 32.2. The van der Waals surface area contributed by atoms with Crippen LogP contribution in [0.2, 0.25) is 0 Å². The van der Waals surface area contributed by atoms with Crippen molar-refractivity contribution < 1.29 is 4.79 Å². The Kier molecular flexibility index (Phi) is 6.42. The molecule has 25 heavy (non-hydrogen) atoms. The van der Waals surface area contributed by atoms with E-state index in [1.54, 1.807) is 11.8 Å². The lowest BCUT2D eigenvalue weighted by molar-refractivity contribution is 0.102. The summed E-state index contributed by atoms with van der Waals surface area (Å²) in [6.45, 7) is 5.53. The zero-order valence-electron chi connectivity index (χ0n) is 14.6. The molecular formula is C19H24N4OS. The van der Waals surface area contributed by atoms with Crippen LogP contribution in [-0.2, 0) is 0 Å². The van der Waals surface area contributed by atoms with Crippen LogP contribution in [0.3, 0.4) is 0 Å². The summed E-state index contributed by atoms with van der Waals surface area (Å²) in [5.41, 5.74) is 1.75. The van der Waals surface area contributed by atoms with Gasteiger partial charge in [0.15, 0.2) is 5.82 Å². The zero-order chi connectivity index (χ0) is 17.5. The minimum atomic E-state index is -0.167. The van der Waals surface area contributed by atoms with Gasteiger partial charge in [-0.05, 0) is 57.1 Å². The van der Waals surface area contributed by atoms with E-state index < -0.39 is 0 Å². The summed E-state index contributed by atoms with van der Waals surface area (Å²) in [6.07, 6.45) is 4.00.